The zero-order chi connectivity index (χ0) is 22.8. The number of allylic oxidation sites excluding steroid dienone is 1. The van der Waals surface area contributed by atoms with Crippen LogP contribution in [0.4, 0.5) is 0 Å². The van der Waals surface area contributed by atoms with E-state index in [9.17, 15) is 4.79 Å². The second kappa shape index (κ2) is 13.1. The molecule has 0 fully saturated rings. The zero-order valence-electron chi connectivity index (χ0n) is 19.9. The highest BCUT2D eigenvalue weighted by atomic mass is 127. The number of halogens is 1. The van der Waals surface area contributed by atoms with Gasteiger partial charge >= 0.3 is 5.97 Å². The summed E-state index contributed by atoms with van der Waals surface area (Å²) in [6.07, 6.45) is 6.56. The van der Waals surface area contributed by atoms with Crippen LogP contribution < -0.4 is 0 Å². The molecule has 0 bridgehead atoms. The van der Waals surface area contributed by atoms with Crippen LogP contribution in [0.3, 0.4) is 0 Å². The van der Waals surface area contributed by atoms with Gasteiger partial charge in [-0.05, 0) is 59.9 Å². The van der Waals surface area contributed by atoms with Gasteiger partial charge in [-0.1, -0.05) is 69.4 Å². The number of ether oxygens (including phenoxy) is 1. The second-order valence-electron chi connectivity index (χ2n) is 9.77. The van der Waals surface area contributed by atoms with E-state index in [0.717, 1.165) is 24.8 Å². The molecule has 0 radical (unpaired) electrons. The molecular weight excluding hydrogens is 491 g/mol. The molecule has 3 nitrogen and oxygen atoms in total. The van der Waals surface area contributed by atoms with Gasteiger partial charge in [0.25, 0.3) is 0 Å². The van der Waals surface area contributed by atoms with Crippen LogP contribution in [-0.4, -0.2) is 26.5 Å². The summed E-state index contributed by atoms with van der Waals surface area (Å²) in [7, 11) is -1.98. The molecule has 0 heterocycles. The maximum absolute atomic E-state index is 12.8. The van der Waals surface area contributed by atoms with Gasteiger partial charge in [0.05, 0.1) is 12.5 Å². The van der Waals surface area contributed by atoms with Gasteiger partial charge in [-0.2, -0.15) is 0 Å². The van der Waals surface area contributed by atoms with E-state index in [4.69, 9.17) is 9.16 Å². The van der Waals surface area contributed by atoms with E-state index in [-0.39, 0.29) is 29.1 Å². The molecule has 29 heavy (non-hydrogen) atoms. The summed E-state index contributed by atoms with van der Waals surface area (Å²) in [6.45, 7) is 25.1. The molecule has 0 saturated heterocycles. The smallest absolute Gasteiger partial charge is 0.308 e. The predicted molar refractivity (Wildman–Crippen MR) is 137 cm³/mol. The van der Waals surface area contributed by atoms with E-state index in [1.165, 1.54) is 0 Å². The highest BCUT2D eigenvalue weighted by Gasteiger charge is 2.39. The molecule has 0 amide bonds. The first kappa shape index (κ1) is 28.6. The van der Waals surface area contributed by atoms with Crippen LogP contribution >= 0.6 is 22.6 Å². The Kier molecular flexibility index (Phi) is 12.9. The highest BCUT2D eigenvalue weighted by Crippen LogP contribution is 2.38. The molecule has 4 atom stereocenters. The first-order chi connectivity index (χ1) is 13.3. The van der Waals surface area contributed by atoms with Gasteiger partial charge in [0.2, 0.25) is 0 Å². The molecule has 0 spiro atoms. The number of carbonyl (C=O) groups excluding carboxylic acids is 1. The van der Waals surface area contributed by atoms with E-state index in [2.05, 4.69) is 76.5 Å². The summed E-state index contributed by atoms with van der Waals surface area (Å²) in [6, 6.07) is 0. The average molecular weight is 535 g/mol. The number of hydrogen-bond acceptors (Lipinski definition) is 3. The molecule has 168 valence electrons. The molecule has 0 aliphatic rings. The van der Waals surface area contributed by atoms with Gasteiger partial charge in [-0.25, -0.2) is 0 Å². The normalized spacial score (nSPS) is 17.2. The number of rotatable bonds is 13. The summed E-state index contributed by atoms with van der Waals surface area (Å²) >= 11 is 2.19. The maximum Gasteiger partial charge on any atom is 0.308 e. The second-order valence-corrected chi connectivity index (χ2v) is 15.1. The van der Waals surface area contributed by atoms with E-state index in [0.29, 0.717) is 12.3 Å². The lowest BCUT2D eigenvalue weighted by atomic mass is 9.98. The van der Waals surface area contributed by atoms with Crippen molar-refractivity contribution in [3.8, 4) is 0 Å². The standard InChI is InChI=1S/C24H43IO3Si/c1-11-13-18(3)14-15-21(28-29(9,10)24(6,7)8)16-22(26)27-23(19(4)12-2)20(5)17-25/h11-12,17-19,21,23H,1-2,13-16H2,3-10H3/b20-17+/t18?,19-,21?,23+/m0/s1. The molecule has 0 aliphatic carbocycles. The van der Waals surface area contributed by atoms with E-state index < -0.39 is 8.32 Å². The van der Waals surface area contributed by atoms with Gasteiger partial charge in [-0.3, -0.25) is 4.79 Å². The van der Waals surface area contributed by atoms with Crippen LogP contribution in [0.15, 0.2) is 35.0 Å². The summed E-state index contributed by atoms with van der Waals surface area (Å²) in [5.41, 5.74) is 1.04. The van der Waals surface area contributed by atoms with Crippen molar-refractivity contribution in [2.75, 3.05) is 0 Å². The Balaban J connectivity index is 5.32. The Morgan fingerprint density at radius 2 is 1.76 bits per heavy atom. The largest absolute Gasteiger partial charge is 0.457 e. The van der Waals surface area contributed by atoms with Crippen molar-refractivity contribution in [1.29, 1.82) is 0 Å². The minimum atomic E-state index is -1.98. The lowest BCUT2D eigenvalue weighted by Crippen LogP contribution is -2.44. The van der Waals surface area contributed by atoms with Crippen LogP contribution in [-0.2, 0) is 14.0 Å². The molecule has 5 heteroatoms. The number of hydrogen-bond donors (Lipinski definition) is 0. The minimum absolute atomic E-state index is 0.0670. The third-order valence-electron chi connectivity index (χ3n) is 5.94. The van der Waals surface area contributed by atoms with Crippen LogP contribution in [0.5, 0.6) is 0 Å². The lowest BCUT2D eigenvalue weighted by Gasteiger charge is -2.39. The zero-order valence-corrected chi connectivity index (χ0v) is 23.0. The fourth-order valence-corrected chi connectivity index (χ4v) is 4.59. The molecule has 0 aromatic rings. The first-order valence-corrected chi connectivity index (χ1v) is 14.8. The van der Waals surface area contributed by atoms with Crippen LogP contribution in [0.25, 0.3) is 0 Å². The fraction of sp³-hybridized carbons (Fsp3) is 0.708. The van der Waals surface area contributed by atoms with Crippen molar-refractivity contribution in [2.24, 2.45) is 11.8 Å². The molecule has 0 aromatic carbocycles. The Morgan fingerprint density at radius 1 is 1.17 bits per heavy atom. The summed E-state index contributed by atoms with van der Waals surface area (Å²) in [5, 5.41) is 0.0995. The Labute approximate surface area is 194 Å². The van der Waals surface area contributed by atoms with Gasteiger partial charge in [0.15, 0.2) is 8.32 Å². The van der Waals surface area contributed by atoms with Crippen molar-refractivity contribution in [1.82, 2.24) is 0 Å². The predicted octanol–water partition coefficient (Wildman–Crippen LogP) is 7.83. The van der Waals surface area contributed by atoms with Crippen molar-refractivity contribution < 1.29 is 14.0 Å². The Hall–Kier alpha value is -0.403. The topological polar surface area (TPSA) is 35.5 Å². The summed E-state index contributed by atoms with van der Waals surface area (Å²) < 4.78 is 14.5. The molecule has 0 aromatic heterocycles. The van der Waals surface area contributed by atoms with Crippen molar-refractivity contribution in [2.45, 2.75) is 97.6 Å². The Bertz CT molecular complexity index is 563. The molecule has 0 rings (SSSR count). The molecule has 0 saturated carbocycles. The van der Waals surface area contributed by atoms with Crippen molar-refractivity contribution >= 4 is 36.9 Å². The molecule has 2 unspecified atom stereocenters. The van der Waals surface area contributed by atoms with Gasteiger partial charge in [-0.15, -0.1) is 13.2 Å². The van der Waals surface area contributed by atoms with E-state index in [1.54, 1.807) is 0 Å². The average Bonchev–Trinajstić information content (AvgIpc) is 2.62. The highest BCUT2D eigenvalue weighted by molar-refractivity contribution is 14.1. The van der Waals surface area contributed by atoms with Gasteiger partial charge in [0.1, 0.15) is 6.10 Å². The summed E-state index contributed by atoms with van der Waals surface area (Å²) in [5.74, 6) is 0.408. The lowest BCUT2D eigenvalue weighted by molar-refractivity contribution is -0.150. The first-order valence-electron chi connectivity index (χ1n) is 10.7. The van der Waals surface area contributed by atoms with Crippen LogP contribution in [0.2, 0.25) is 18.1 Å². The number of carbonyl (C=O) groups is 1. The van der Waals surface area contributed by atoms with Gasteiger partial charge < -0.3 is 9.16 Å². The van der Waals surface area contributed by atoms with Gasteiger partial charge in [0, 0.05) is 5.92 Å². The maximum atomic E-state index is 12.8. The van der Waals surface area contributed by atoms with E-state index in [1.807, 2.05) is 30.1 Å². The molecular formula is C24H43IO3Si. The third kappa shape index (κ3) is 10.4. The minimum Gasteiger partial charge on any atom is -0.457 e. The Morgan fingerprint density at radius 3 is 2.21 bits per heavy atom. The number of esters is 1. The molecule has 0 aliphatic heterocycles. The SMILES string of the molecule is C=CCC(C)CCC(CC(=O)O[C@@H](/C(C)=C/I)[C@@H](C)C=C)O[Si](C)(C)C(C)(C)C. The van der Waals surface area contributed by atoms with Crippen molar-refractivity contribution in [3.63, 3.8) is 0 Å². The van der Waals surface area contributed by atoms with E-state index >= 15 is 0 Å². The quantitative estimate of drug-likeness (QED) is 0.105. The molecule has 0 N–H and O–H groups in total. The summed E-state index contributed by atoms with van der Waals surface area (Å²) in [4.78, 5) is 12.8. The van der Waals surface area contributed by atoms with Crippen molar-refractivity contribution in [3.05, 3.63) is 35.0 Å². The third-order valence-corrected chi connectivity index (χ3v) is 11.5. The fourth-order valence-electron chi connectivity index (χ4n) is 2.85. The van der Waals surface area contributed by atoms with Crippen LogP contribution in [0, 0.1) is 11.8 Å². The monoisotopic (exact) mass is 534 g/mol. The van der Waals surface area contributed by atoms with Crippen LogP contribution in [0.1, 0.15) is 67.2 Å².